The molecular weight excluding hydrogens is 238 g/mol. The van der Waals surface area contributed by atoms with E-state index in [4.69, 9.17) is 5.73 Å². The van der Waals surface area contributed by atoms with E-state index in [9.17, 15) is 0 Å². The van der Waals surface area contributed by atoms with Gasteiger partial charge in [-0.25, -0.2) is 0 Å². The number of nitrogens with one attached hydrogen (secondary N) is 1. The maximum absolute atomic E-state index is 5.25. The predicted molar refractivity (Wildman–Crippen MR) is 41.0 cm³/mol. The van der Waals surface area contributed by atoms with Crippen LogP contribution in [0.5, 0.6) is 0 Å². The van der Waals surface area contributed by atoms with Crippen molar-refractivity contribution in [3.05, 3.63) is 10.7 Å². The quantitative estimate of drug-likeness (QED) is 0.722. The van der Waals surface area contributed by atoms with E-state index in [2.05, 4.69) is 26.1 Å². The number of nitrogens with zero attached hydrogens (tertiary/aromatic N) is 1. The van der Waals surface area contributed by atoms with Gasteiger partial charge in [-0.3, -0.25) is 5.10 Å². The number of anilines is 1. The molecule has 0 atom stereocenters. The number of nitrogens with two attached hydrogens (primary N) is 1. The van der Waals surface area contributed by atoms with Gasteiger partial charge in [0.1, 0.15) is 0 Å². The van der Waals surface area contributed by atoms with Crippen LogP contribution in [-0.4, -0.2) is 10.2 Å². The fourth-order valence-corrected chi connectivity index (χ4v) is 0.477. The average Bonchev–Trinajstić information content (AvgIpc) is 1.91. The lowest BCUT2D eigenvalue weighted by Gasteiger charge is -1.75. The molecule has 1 aromatic heterocycles. The summed E-state index contributed by atoms with van der Waals surface area (Å²) in [6, 6.07) is 0. The summed E-state index contributed by atoms with van der Waals surface area (Å²) in [6.07, 6.45) is 1.68. The molecule has 0 aromatic carbocycles. The minimum absolute atomic E-state index is 0. The lowest BCUT2D eigenvalue weighted by atomic mass is 10.7. The van der Waals surface area contributed by atoms with E-state index in [0.717, 1.165) is 4.47 Å². The molecule has 0 amide bonds. The molecule has 0 saturated carbocycles. The third-order valence-corrected chi connectivity index (χ3v) is 1.26. The Kier molecular flexibility index (Phi) is 3.08. The molecule has 0 aliphatic rings. The van der Waals surface area contributed by atoms with E-state index in [1.807, 2.05) is 0 Å². The molecule has 3 nitrogen and oxygen atoms in total. The van der Waals surface area contributed by atoms with Crippen LogP contribution in [0.25, 0.3) is 0 Å². The Balaban J connectivity index is 0.000000490. The zero-order valence-electron chi connectivity index (χ0n) is 3.89. The Labute approximate surface area is 65.5 Å². The van der Waals surface area contributed by atoms with Gasteiger partial charge in [0.25, 0.3) is 0 Å². The number of aromatic nitrogens is 2. The number of rotatable bonds is 0. The number of H-pyrrole nitrogens is 1. The molecule has 3 N–H and O–H groups in total. The first kappa shape index (κ1) is 7.97. The monoisotopic (exact) mass is 241 g/mol. The zero-order chi connectivity index (χ0) is 5.28. The highest BCUT2D eigenvalue weighted by Crippen LogP contribution is 2.12. The predicted octanol–water partition coefficient (Wildman–Crippen LogP) is 1.33. The van der Waals surface area contributed by atoms with Crippen LogP contribution < -0.4 is 5.73 Å². The van der Waals surface area contributed by atoms with Crippen molar-refractivity contribution in [1.82, 2.24) is 10.2 Å². The normalized spacial score (nSPS) is 8.12. The fraction of sp³-hybridized carbons (Fsp3) is 0. The van der Waals surface area contributed by atoms with Crippen LogP contribution in [0.2, 0.25) is 0 Å². The van der Waals surface area contributed by atoms with Crippen LogP contribution in [0.3, 0.4) is 0 Å². The highest BCUT2D eigenvalue weighted by molar-refractivity contribution is 9.10. The third kappa shape index (κ3) is 1.48. The van der Waals surface area contributed by atoms with Crippen molar-refractivity contribution in [3.8, 4) is 0 Å². The Morgan fingerprint density at radius 1 is 1.75 bits per heavy atom. The summed E-state index contributed by atoms with van der Waals surface area (Å²) in [5.41, 5.74) is 5.25. The molecule has 1 aromatic rings. The Bertz CT molecular complexity index is 145. The molecule has 1 rings (SSSR count). The Morgan fingerprint density at radius 2 is 2.38 bits per heavy atom. The van der Waals surface area contributed by atoms with E-state index in [-0.39, 0.29) is 17.0 Å². The molecular formula is C3H5Br2N3. The molecule has 1 heterocycles. The van der Waals surface area contributed by atoms with Gasteiger partial charge in [-0.2, -0.15) is 5.10 Å². The maximum atomic E-state index is 5.25. The topological polar surface area (TPSA) is 54.7 Å². The Hall–Kier alpha value is -0.0300. The van der Waals surface area contributed by atoms with Crippen LogP contribution >= 0.6 is 32.9 Å². The Morgan fingerprint density at radius 3 is 2.50 bits per heavy atom. The second kappa shape index (κ2) is 3.09. The van der Waals surface area contributed by atoms with Gasteiger partial charge >= 0.3 is 0 Å². The van der Waals surface area contributed by atoms with Crippen molar-refractivity contribution in [3.63, 3.8) is 0 Å². The summed E-state index contributed by atoms with van der Waals surface area (Å²) in [7, 11) is 0. The second-order valence-electron chi connectivity index (χ2n) is 1.12. The van der Waals surface area contributed by atoms with Gasteiger partial charge in [-0.05, 0) is 15.9 Å². The molecule has 0 saturated heterocycles. The van der Waals surface area contributed by atoms with Crippen molar-refractivity contribution >= 4 is 38.7 Å². The number of nitrogen functional groups attached to an aromatic ring is 1. The van der Waals surface area contributed by atoms with E-state index >= 15 is 0 Å². The minimum atomic E-state index is 0. The lowest BCUT2D eigenvalue weighted by molar-refractivity contribution is 1.10. The second-order valence-corrected chi connectivity index (χ2v) is 1.97. The van der Waals surface area contributed by atoms with Crippen LogP contribution in [0.1, 0.15) is 0 Å². The number of halogens is 2. The summed E-state index contributed by atoms with van der Waals surface area (Å²) < 4.78 is 0.813. The molecule has 0 aliphatic heterocycles. The molecule has 0 aliphatic carbocycles. The largest absolute Gasteiger partial charge is 0.381 e. The summed E-state index contributed by atoms with van der Waals surface area (Å²) in [6.45, 7) is 0. The van der Waals surface area contributed by atoms with Gasteiger partial charge in [0.2, 0.25) is 0 Å². The highest BCUT2D eigenvalue weighted by atomic mass is 79.9. The van der Waals surface area contributed by atoms with E-state index in [1.165, 1.54) is 0 Å². The molecule has 46 valence electrons. The van der Waals surface area contributed by atoms with Crippen molar-refractivity contribution in [2.24, 2.45) is 0 Å². The molecule has 0 unspecified atom stereocenters. The summed E-state index contributed by atoms with van der Waals surface area (Å²) in [4.78, 5) is 0. The van der Waals surface area contributed by atoms with Gasteiger partial charge in [0.05, 0.1) is 4.47 Å². The average molecular weight is 243 g/mol. The molecule has 0 bridgehead atoms. The number of hydrogen-bond acceptors (Lipinski definition) is 2. The minimum Gasteiger partial charge on any atom is -0.381 e. The van der Waals surface area contributed by atoms with Gasteiger partial charge in [0.15, 0.2) is 5.82 Å². The van der Waals surface area contributed by atoms with Crippen molar-refractivity contribution in [1.29, 1.82) is 0 Å². The molecule has 5 heteroatoms. The van der Waals surface area contributed by atoms with Crippen LogP contribution in [0.15, 0.2) is 10.7 Å². The van der Waals surface area contributed by atoms with Gasteiger partial charge in [-0.1, -0.05) is 0 Å². The van der Waals surface area contributed by atoms with Crippen LogP contribution in [0.4, 0.5) is 5.82 Å². The molecule has 0 spiro atoms. The lowest BCUT2D eigenvalue weighted by Crippen LogP contribution is -1.83. The van der Waals surface area contributed by atoms with Gasteiger partial charge in [0, 0.05) is 6.20 Å². The summed E-state index contributed by atoms with van der Waals surface area (Å²) in [5.74, 6) is 0.500. The van der Waals surface area contributed by atoms with Gasteiger partial charge < -0.3 is 5.73 Å². The fourth-order valence-electron chi connectivity index (χ4n) is 0.286. The maximum Gasteiger partial charge on any atom is 0.159 e. The highest BCUT2D eigenvalue weighted by Gasteiger charge is 1.91. The third-order valence-electron chi connectivity index (χ3n) is 0.621. The van der Waals surface area contributed by atoms with Crippen molar-refractivity contribution in [2.75, 3.05) is 5.73 Å². The van der Waals surface area contributed by atoms with Crippen molar-refractivity contribution < 1.29 is 0 Å². The standard InChI is InChI=1S/C3H4BrN3.BrH/c4-2-1-6-7-3(2)5;/h1H,(H3,5,6,7);1H. The van der Waals surface area contributed by atoms with E-state index < -0.39 is 0 Å². The summed E-state index contributed by atoms with van der Waals surface area (Å²) in [5, 5.41) is 6.20. The first-order valence-corrected chi connectivity index (χ1v) is 2.55. The smallest absolute Gasteiger partial charge is 0.159 e. The SMILES string of the molecule is Br.Nc1n[nH]cc1Br. The first-order chi connectivity index (χ1) is 3.30. The van der Waals surface area contributed by atoms with Crippen LogP contribution in [-0.2, 0) is 0 Å². The first-order valence-electron chi connectivity index (χ1n) is 1.75. The molecule has 8 heavy (non-hydrogen) atoms. The van der Waals surface area contributed by atoms with E-state index in [1.54, 1.807) is 6.20 Å². The zero-order valence-corrected chi connectivity index (χ0v) is 7.19. The van der Waals surface area contributed by atoms with Crippen molar-refractivity contribution in [2.45, 2.75) is 0 Å². The van der Waals surface area contributed by atoms with E-state index in [0.29, 0.717) is 5.82 Å². The molecule has 0 fully saturated rings. The van der Waals surface area contributed by atoms with Crippen LogP contribution in [0, 0.1) is 0 Å². The molecule has 0 radical (unpaired) electrons. The number of aromatic amines is 1. The number of hydrogen-bond donors (Lipinski definition) is 2. The summed E-state index contributed by atoms with van der Waals surface area (Å²) >= 11 is 3.15. The van der Waals surface area contributed by atoms with Gasteiger partial charge in [-0.15, -0.1) is 17.0 Å².